The average Bonchev–Trinajstić information content (AvgIpc) is 2.92. The lowest BCUT2D eigenvalue weighted by Crippen LogP contribution is -2.47. The van der Waals surface area contributed by atoms with E-state index in [4.69, 9.17) is 10.5 Å². The number of ether oxygens (including phenoxy) is 1. The van der Waals surface area contributed by atoms with E-state index in [0.29, 0.717) is 13.2 Å². The molecule has 1 aliphatic rings. The summed E-state index contributed by atoms with van der Waals surface area (Å²) in [5.74, 6) is 0.192. The molecule has 1 aromatic heterocycles. The monoisotopic (exact) mass is 268 g/mol. The van der Waals surface area contributed by atoms with Crippen LogP contribution in [0.25, 0.3) is 0 Å². The Morgan fingerprint density at radius 2 is 2.28 bits per heavy atom. The van der Waals surface area contributed by atoms with Gasteiger partial charge in [0, 0.05) is 18.1 Å². The van der Waals surface area contributed by atoms with Gasteiger partial charge in [-0.25, -0.2) is 0 Å². The Bertz CT molecular complexity index is 374. The second-order valence-corrected chi connectivity index (χ2v) is 5.70. The summed E-state index contributed by atoms with van der Waals surface area (Å²) >= 11 is 1.64. The van der Waals surface area contributed by atoms with Gasteiger partial charge in [0.25, 0.3) is 0 Å². The summed E-state index contributed by atoms with van der Waals surface area (Å²) in [6.07, 6.45) is 1.75. The standard InChI is InChI=1S/C13H20N2O2S/c1-9(11-3-2-8-18-11)15-13(16)12(14)10-4-6-17-7-5-10/h2-3,8-10,12H,4-7,14H2,1H3,(H,15,16). The van der Waals surface area contributed by atoms with Gasteiger partial charge in [0.2, 0.25) is 5.91 Å². The highest BCUT2D eigenvalue weighted by Crippen LogP contribution is 2.20. The fourth-order valence-corrected chi connectivity index (χ4v) is 2.94. The van der Waals surface area contributed by atoms with Gasteiger partial charge in [-0.3, -0.25) is 4.79 Å². The lowest BCUT2D eigenvalue weighted by Gasteiger charge is -2.27. The first-order valence-corrected chi connectivity index (χ1v) is 7.23. The minimum atomic E-state index is -0.420. The Balaban J connectivity index is 1.86. The minimum absolute atomic E-state index is 0.0309. The molecule has 1 fully saturated rings. The number of nitrogens with two attached hydrogens (primary N) is 1. The molecular formula is C13H20N2O2S. The molecule has 1 amide bonds. The van der Waals surface area contributed by atoms with E-state index in [1.54, 1.807) is 11.3 Å². The van der Waals surface area contributed by atoms with E-state index in [1.165, 1.54) is 0 Å². The molecule has 2 atom stereocenters. The van der Waals surface area contributed by atoms with Crippen LogP contribution < -0.4 is 11.1 Å². The molecule has 0 aromatic carbocycles. The third-order valence-electron chi connectivity index (χ3n) is 3.41. The average molecular weight is 268 g/mol. The number of hydrogen-bond donors (Lipinski definition) is 2. The van der Waals surface area contributed by atoms with Crippen molar-refractivity contribution in [3.05, 3.63) is 22.4 Å². The molecular weight excluding hydrogens is 248 g/mol. The summed E-state index contributed by atoms with van der Waals surface area (Å²) in [6.45, 7) is 3.42. The van der Waals surface area contributed by atoms with Gasteiger partial charge in [-0.05, 0) is 37.1 Å². The lowest BCUT2D eigenvalue weighted by molar-refractivity contribution is -0.125. The summed E-state index contributed by atoms with van der Waals surface area (Å²) in [5.41, 5.74) is 6.03. The quantitative estimate of drug-likeness (QED) is 0.873. The van der Waals surface area contributed by atoms with Crippen molar-refractivity contribution in [2.24, 2.45) is 11.7 Å². The van der Waals surface area contributed by atoms with Gasteiger partial charge in [0.1, 0.15) is 0 Å². The van der Waals surface area contributed by atoms with E-state index in [2.05, 4.69) is 5.32 Å². The van der Waals surface area contributed by atoms with Crippen LogP contribution in [0.2, 0.25) is 0 Å². The first-order chi connectivity index (χ1) is 8.68. The Morgan fingerprint density at radius 1 is 1.56 bits per heavy atom. The molecule has 18 heavy (non-hydrogen) atoms. The van der Waals surface area contributed by atoms with Gasteiger partial charge in [0.15, 0.2) is 0 Å². The third kappa shape index (κ3) is 3.31. The van der Waals surface area contributed by atoms with E-state index in [9.17, 15) is 4.79 Å². The van der Waals surface area contributed by atoms with Crippen LogP contribution in [-0.4, -0.2) is 25.2 Å². The Labute approximate surface area is 112 Å². The second-order valence-electron chi connectivity index (χ2n) is 4.72. The molecule has 0 spiro atoms. The molecule has 2 heterocycles. The highest BCUT2D eigenvalue weighted by Gasteiger charge is 2.27. The van der Waals surface area contributed by atoms with Crippen molar-refractivity contribution in [3.63, 3.8) is 0 Å². The van der Waals surface area contributed by atoms with Crippen LogP contribution >= 0.6 is 11.3 Å². The Hall–Kier alpha value is -0.910. The Kier molecular flexibility index (Phi) is 4.74. The highest BCUT2D eigenvalue weighted by molar-refractivity contribution is 7.10. The van der Waals surface area contributed by atoms with E-state index in [0.717, 1.165) is 17.7 Å². The molecule has 1 saturated heterocycles. The number of carbonyl (C=O) groups is 1. The predicted molar refractivity (Wildman–Crippen MR) is 72.4 cm³/mol. The molecule has 0 aliphatic carbocycles. The summed E-state index contributed by atoms with van der Waals surface area (Å²) in [7, 11) is 0. The topological polar surface area (TPSA) is 64.4 Å². The Morgan fingerprint density at radius 3 is 2.89 bits per heavy atom. The van der Waals surface area contributed by atoms with Crippen LogP contribution in [0.5, 0.6) is 0 Å². The largest absolute Gasteiger partial charge is 0.381 e. The maximum Gasteiger partial charge on any atom is 0.237 e. The van der Waals surface area contributed by atoms with Crippen LogP contribution in [-0.2, 0) is 9.53 Å². The fourth-order valence-electron chi connectivity index (χ4n) is 2.21. The minimum Gasteiger partial charge on any atom is -0.381 e. The van der Waals surface area contributed by atoms with Gasteiger partial charge >= 0.3 is 0 Å². The zero-order chi connectivity index (χ0) is 13.0. The van der Waals surface area contributed by atoms with Gasteiger partial charge in [0.05, 0.1) is 12.1 Å². The van der Waals surface area contributed by atoms with Gasteiger partial charge in [-0.15, -0.1) is 11.3 Å². The van der Waals surface area contributed by atoms with Crippen molar-refractivity contribution in [1.29, 1.82) is 0 Å². The molecule has 0 radical (unpaired) electrons. The first kappa shape index (κ1) is 13.5. The van der Waals surface area contributed by atoms with Crippen LogP contribution in [0.15, 0.2) is 17.5 Å². The third-order valence-corrected chi connectivity index (χ3v) is 4.46. The molecule has 100 valence electrons. The molecule has 1 aliphatic heterocycles. The molecule has 3 N–H and O–H groups in total. The van der Waals surface area contributed by atoms with Gasteiger partial charge in [-0.2, -0.15) is 0 Å². The number of rotatable bonds is 4. The smallest absolute Gasteiger partial charge is 0.237 e. The molecule has 0 bridgehead atoms. The maximum absolute atomic E-state index is 12.1. The molecule has 2 rings (SSSR count). The molecule has 1 aromatic rings. The van der Waals surface area contributed by atoms with Crippen molar-refractivity contribution >= 4 is 17.2 Å². The van der Waals surface area contributed by atoms with Gasteiger partial charge in [-0.1, -0.05) is 6.07 Å². The van der Waals surface area contributed by atoms with Crippen LogP contribution in [0.4, 0.5) is 0 Å². The van der Waals surface area contributed by atoms with Gasteiger partial charge < -0.3 is 15.8 Å². The summed E-state index contributed by atoms with van der Waals surface area (Å²) in [5, 5.41) is 5.00. The van der Waals surface area contributed by atoms with Crippen molar-refractivity contribution in [2.45, 2.75) is 31.8 Å². The van der Waals surface area contributed by atoms with Crippen LogP contribution in [0.1, 0.15) is 30.7 Å². The normalized spacial score (nSPS) is 20.3. The predicted octanol–water partition coefficient (Wildman–Crippen LogP) is 1.68. The number of amides is 1. The molecule has 0 saturated carbocycles. The SMILES string of the molecule is CC(NC(=O)C(N)C1CCOCC1)c1cccs1. The van der Waals surface area contributed by atoms with Crippen molar-refractivity contribution in [2.75, 3.05) is 13.2 Å². The number of carbonyl (C=O) groups excluding carboxylic acids is 1. The summed E-state index contributed by atoms with van der Waals surface area (Å²) < 4.78 is 5.28. The highest BCUT2D eigenvalue weighted by atomic mass is 32.1. The zero-order valence-corrected chi connectivity index (χ0v) is 11.4. The summed E-state index contributed by atoms with van der Waals surface area (Å²) in [4.78, 5) is 13.2. The van der Waals surface area contributed by atoms with Crippen LogP contribution in [0.3, 0.4) is 0 Å². The number of thiophene rings is 1. The van der Waals surface area contributed by atoms with Crippen molar-refractivity contribution < 1.29 is 9.53 Å². The maximum atomic E-state index is 12.1. The molecule has 4 nitrogen and oxygen atoms in total. The lowest BCUT2D eigenvalue weighted by atomic mass is 9.91. The van der Waals surface area contributed by atoms with Crippen molar-refractivity contribution in [1.82, 2.24) is 5.32 Å². The fraction of sp³-hybridized carbons (Fsp3) is 0.615. The van der Waals surface area contributed by atoms with Crippen molar-refractivity contribution in [3.8, 4) is 0 Å². The van der Waals surface area contributed by atoms with E-state index < -0.39 is 6.04 Å². The molecule has 2 unspecified atom stereocenters. The molecule has 5 heteroatoms. The van der Waals surface area contributed by atoms with E-state index in [1.807, 2.05) is 24.4 Å². The summed E-state index contributed by atoms with van der Waals surface area (Å²) in [6, 6.07) is 3.62. The second kappa shape index (κ2) is 6.31. The first-order valence-electron chi connectivity index (χ1n) is 6.35. The number of nitrogens with one attached hydrogen (secondary N) is 1. The zero-order valence-electron chi connectivity index (χ0n) is 10.6. The van der Waals surface area contributed by atoms with Crippen LogP contribution in [0, 0.1) is 5.92 Å². The van der Waals surface area contributed by atoms with E-state index in [-0.39, 0.29) is 17.9 Å². The number of hydrogen-bond acceptors (Lipinski definition) is 4. The van der Waals surface area contributed by atoms with E-state index >= 15 is 0 Å².